The predicted octanol–water partition coefficient (Wildman–Crippen LogP) is 2.40. The van der Waals surface area contributed by atoms with Crippen LogP contribution in [0.4, 0.5) is 0 Å². The van der Waals surface area contributed by atoms with E-state index >= 15 is 0 Å². The number of fused-ring (bicyclic) bond motifs is 1. The first kappa shape index (κ1) is 13.1. The van der Waals surface area contributed by atoms with Gasteiger partial charge in [0.2, 0.25) is 0 Å². The van der Waals surface area contributed by atoms with Crippen LogP contribution in [0.2, 0.25) is 0 Å². The number of benzene rings is 1. The highest BCUT2D eigenvalue weighted by Crippen LogP contribution is 2.23. The van der Waals surface area contributed by atoms with Crippen molar-refractivity contribution in [2.24, 2.45) is 0 Å². The average molecular weight is 258 g/mol. The summed E-state index contributed by atoms with van der Waals surface area (Å²) in [7, 11) is 2.26. The fourth-order valence-electron chi connectivity index (χ4n) is 3.48. The molecule has 0 amide bonds. The minimum atomic E-state index is 0.727. The molecule has 1 aromatic carbocycles. The molecule has 0 bridgehead atoms. The van der Waals surface area contributed by atoms with Crippen molar-refractivity contribution in [2.75, 3.05) is 26.7 Å². The number of nitrogens with zero attached hydrogens (tertiary/aromatic N) is 1. The third-order valence-electron chi connectivity index (χ3n) is 4.64. The van der Waals surface area contributed by atoms with Crippen molar-refractivity contribution in [3.05, 3.63) is 34.9 Å². The van der Waals surface area contributed by atoms with Gasteiger partial charge in [0.05, 0.1) is 0 Å². The molecule has 1 fully saturated rings. The maximum Gasteiger partial charge on any atom is 0.0195 e. The molecule has 1 N–H and O–H groups in total. The molecule has 19 heavy (non-hydrogen) atoms. The molecule has 2 heteroatoms. The molecule has 0 aromatic heterocycles. The van der Waals surface area contributed by atoms with Crippen LogP contribution >= 0.6 is 0 Å². The molecular weight excluding hydrogens is 232 g/mol. The molecule has 1 heterocycles. The van der Waals surface area contributed by atoms with Gasteiger partial charge >= 0.3 is 0 Å². The highest BCUT2D eigenvalue weighted by Gasteiger charge is 2.16. The normalized spacial score (nSPS) is 22.1. The van der Waals surface area contributed by atoms with E-state index in [0.29, 0.717) is 0 Å². The zero-order valence-corrected chi connectivity index (χ0v) is 12.1. The summed E-state index contributed by atoms with van der Waals surface area (Å²) in [4.78, 5) is 2.48. The van der Waals surface area contributed by atoms with Crippen LogP contribution < -0.4 is 5.32 Å². The Hall–Kier alpha value is -0.860. The van der Waals surface area contributed by atoms with E-state index in [4.69, 9.17) is 0 Å². The third kappa shape index (κ3) is 3.37. The molecule has 0 radical (unpaired) electrons. The standard InChI is InChI=1S/C17H26N2/c1-19(13-17-6-3-10-18-17)11-9-14-7-8-15-4-2-5-16(15)12-14/h7-8,12,17-18H,2-6,9-11,13H2,1H3. The zero-order chi connectivity index (χ0) is 13.1. The first-order chi connectivity index (χ1) is 9.31. The maximum atomic E-state index is 3.58. The van der Waals surface area contributed by atoms with Gasteiger partial charge in [-0.3, -0.25) is 0 Å². The number of hydrogen-bond acceptors (Lipinski definition) is 2. The maximum absolute atomic E-state index is 3.58. The fourth-order valence-corrected chi connectivity index (χ4v) is 3.48. The summed E-state index contributed by atoms with van der Waals surface area (Å²) in [6.07, 6.45) is 7.84. The molecule has 1 saturated heterocycles. The molecular formula is C17H26N2. The van der Waals surface area contributed by atoms with Gasteiger partial charge in [-0.1, -0.05) is 18.2 Å². The van der Waals surface area contributed by atoms with Gasteiger partial charge in [0.15, 0.2) is 0 Å². The Labute approximate surface area is 117 Å². The molecule has 2 aliphatic rings. The molecule has 0 saturated carbocycles. The summed E-state index contributed by atoms with van der Waals surface area (Å²) in [6, 6.07) is 7.87. The third-order valence-corrected chi connectivity index (χ3v) is 4.64. The van der Waals surface area contributed by atoms with E-state index in [1.807, 2.05) is 0 Å². The lowest BCUT2D eigenvalue weighted by Gasteiger charge is -2.21. The predicted molar refractivity (Wildman–Crippen MR) is 80.7 cm³/mol. The number of aryl methyl sites for hydroxylation is 2. The summed E-state index contributed by atoms with van der Waals surface area (Å²) in [6.45, 7) is 3.59. The number of rotatable bonds is 5. The van der Waals surface area contributed by atoms with E-state index in [1.54, 1.807) is 11.1 Å². The van der Waals surface area contributed by atoms with Gasteiger partial charge in [0.1, 0.15) is 0 Å². The minimum Gasteiger partial charge on any atom is -0.313 e. The summed E-state index contributed by atoms with van der Waals surface area (Å²) >= 11 is 0. The first-order valence-electron chi connectivity index (χ1n) is 7.84. The first-order valence-corrected chi connectivity index (χ1v) is 7.84. The molecule has 0 spiro atoms. The summed E-state index contributed by atoms with van der Waals surface area (Å²) in [5.74, 6) is 0. The van der Waals surface area contributed by atoms with Crippen LogP contribution in [-0.2, 0) is 19.3 Å². The van der Waals surface area contributed by atoms with E-state index in [2.05, 4.69) is 35.5 Å². The van der Waals surface area contributed by atoms with Crippen LogP contribution in [0.5, 0.6) is 0 Å². The monoisotopic (exact) mass is 258 g/mol. The lowest BCUT2D eigenvalue weighted by molar-refractivity contribution is 0.303. The topological polar surface area (TPSA) is 15.3 Å². The van der Waals surface area contributed by atoms with Crippen molar-refractivity contribution < 1.29 is 0 Å². The van der Waals surface area contributed by atoms with Gasteiger partial charge in [-0.25, -0.2) is 0 Å². The molecule has 1 unspecified atom stereocenters. The number of hydrogen-bond donors (Lipinski definition) is 1. The smallest absolute Gasteiger partial charge is 0.0195 e. The van der Waals surface area contributed by atoms with Crippen molar-refractivity contribution in [3.63, 3.8) is 0 Å². The lowest BCUT2D eigenvalue weighted by atomic mass is 10.0. The van der Waals surface area contributed by atoms with E-state index < -0.39 is 0 Å². The van der Waals surface area contributed by atoms with Crippen molar-refractivity contribution in [3.8, 4) is 0 Å². The summed E-state index contributed by atoms with van der Waals surface area (Å²) in [5, 5.41) is 3.58. The van der Waals surface area contributed by atoms with Crippen LogP contribution in [0.1, 0.15) is 36.0 Å². The van der Waals surface area contributed by atoms with Gasteiger partial charge in [-0.2, -0.15) is 0 Å². The van der Waals surface area contributed by atoms with Crippen molar-refractivity contribution in [2.45, 2.75) is 44.6 Å². The quantitative estimate of drug-likeness (QED) is 0.872. The summed E-state index contributed by atoms with van der Waals surface area (Å²) in [5.41, 5.74) is 4.72. The van der Waals surface area contributed by atoms with Crippen molar-refractivity contribution >= 4 is 0 Å². The molecule has 2 nitrogen and oxygen atoms in total. The van der Waals surface area contributed by atoms with Crippen LogP contribution in [0, 0.1) is 0 Å². The Morgan fingerprint density at radius 2 is 2.11 bits per heavy atom. The Morgan fingerprint density at radius 1 is 1.21 bits per heavy atom. The second-order valence-corrected chi connectivity index (χ2v) is 6.26. The molecule has 1 aliphatic heterocycles. The van der Waals surface area contributed by atoms with Gasteiger partial charge in [0.25, 0.3) is 0 Å². The van der Waals surface area contributed by atoms with Gasteiger partial charge in [-0.15, -0.1) is 0 Å². The Kier molecular flexibility index (Phi) is 4.19. The number of nitrogens with one attached hydrogen (secondary N) is 1. The second kappa shape index (κ2) is 6.06. The van der Waals surface area contributed by atoms with Gasteiger partial charge in [-0.05, 0) is 68.8 Å². The van der Waals surface area contributed by atoms with Crippen molar-refractivity contribution in [1.82, 2.24) is 10.2 Å². The lowest BCUT2D eigenvalue weighted by Crippen LogP contribution is -2.36. The highest BCUT2D eigenvalue weighted by molar-refractivity contribution is 5.35. The molecule has 104 valence electrons. The van der Waals surface area contributed by atoms with Crippen LogP contribution in [-0.4, -0.2) is 37.6 Å². The largest absolute Gasteiger partial charge is 0.313 e. The molecule has 1 aliphatic carbocycles. The van der Waals surface area contributed by atoms with Crippen molar-refractivity contribution in [1.29, 1.82) is 0 Å². The number of likely N-dealkylation sites (N-methyl/N-ethyl adjacent to an activating group) is 1. The highest BCUT2D eigenvalue weighted by atomic mass is 15.1. The van der Waals surface area contributed by atoms with Crippen LogP contribution in [0.25, 0.3) is 0 Å². The Morgan fingerprint density at radius 3 is 2.95 bits per heavy atom. The SMILES string of the molecule is CN(CCc1ccc2c(c1)CCC2)CC1CCCN1. The summed E-state index contributed by atoms with van der Waals surface area (Å²) < 4.78 is 0. The van der Waals surface area contributed by atoms with Crippen LogP contribution in [0.3, 0.4) is 0 Å². The molecule has 1 atom stereocenters. The van der Waals surface area contributed by atoms with E-state index in [1.165, 1.54) is 63.7 Å². The minimum absolute atomic E-state index is 0.727. The molecule has 3 rings (SSSR count). The fraction of sp³-hybridized carbons (Fsp3) is 0.647. The Bertz CT molecular complexity index is 421. The van der Waals surface area contributed by atoms with E-state index in [0.717, 1.165) is 6.04 Å². The van der Waals surface area contributed by atoms with Gasteiger partial charge < -0.3 is 10.2 Å². The average Bonchev–Trinajstić information content (AvgIpc) is 3.06. The van der Waals surface area contributed by atoms with E-state index in [-0.39, 0.29) is 0 Å². The second-order valence-electron chi connectivity index (χ2n) is 6.26. The van der Waals surface area contributed by atoms with Crippen LogP contribution in [0.15, 0.2) is 18.2 Å². The van der Waals surface area contributed by atoms with Gasteiger partial charge in [0, 0.05) is 19.1 Å². The zero-order valence-electron chi connectivity index (χ0n) is 12.1. The van der Waals surface area contributed by atoms with E-state index in [9.17, 15) is 0 Å². The molecule has 1 aromatic rings. The Balaban J connectivity index is 1.48.